The Bertz CT molecular complexity index is 553. The van der Waals surface area contributed by atoms with Gasteiger partial charge in [-0.2, -0.15) is 0 Å². The predicted molar refractivity (Wildman–Crippen MR) is 80.7 cm³/mol. The summed E-state index contributed by atoms with van der Waals surface area (Å²) in [6.45, 7) is 2.56. The molecule has 0 spiro atoms. The van der Waals surface area contributed by atoms with Crippen LogP contribution in [0.1, 0.15) is 6.92 Å². The third kappa shape index (κ3) is 3.84. The minimum Gasteiger partial charge on any atom is -0.356 e. The average molecular weight is 340 g/mol. The molecule has 0 fully saturated rings. The monoisotopic (exact) mass is 339 g/mol. The highest BCUT2D eigenvalue weighted by Crippen LogP contribution is 2.21. The fourth-order valence-electron chi connectivity index (χ4n) is 1.57. The van der Waals surface area contributed by atoms with Crippen LogP contribution in [0.3, 0.4) is 0 Å². The van der Waals surface area contributed by atoms with E-state index in [-0.39, 0.29) is 5.91 Å². The van der Waals surface area contributed by atoms with Gasteiger partial charge in [0.05, 0.1) is 5.75 Å². The fourth-order valence-corrected chi connectivity index (χ4v) is 2.64. The minimum atomic E-state index is 0.0258. The Morgan fingerprint density at radius 1 is 1.42 bits per heavy atom. The molecule has 0 atom stereocenters. The molecule has 4 nitrogen and oxygen atoms in total. The lowest BCUT2D eigenvalue weighted by atomic mass is 10.3. The van der Waals surface area contributed by atoms with E-state index in [1.807, 2.05) is 42.0 Å². The zero-order valence-corrected chi connectivity index (χ0v) is 12.9. The molecule has 0 bridgehead atoms. The summed E-state index contributed by atoms with van der Waals surface area (Å²) >= 11 is 4.84. The maximum absolute atomic E-state index is 11.5. The third-order valence-electron chi connectivity index (χ3n) is 2.42. The Hall–Kier alpha value is -1.27. The largest absolute Gasteiger partial charge is 0.356 e. The third-order valence-corrected chi connectivity index (χ3v) is 3.91. The first kappa shape index (κ1) is 14.1. The van der Waals surface area contributed by atoms with Crippen LogP contribution in [0.25, 0.3) is 5.69 Å². The van der Waals surface area contributed by atoms with Crippen LogP contribution in [0, 0.1) is 0 Å². The predicted octanol–water partition coefficient (Wildman–Crippen LogP) is 2.86. The highest BCUT2D eigenvalue weighted by molar-refractivity contribution is 9.10. The second-order valence-electron chi connectivity index (χ2n) is 3.80. The maximum atomic E-state index is 11.5. The second-order valence-corrected chi connectivity index (χ2v) is 5.66. The molecule has 0 unspecified atom stereocenters. The van der Waals surface area contributed by atoms with E-state index in [4.69, 9.17) is 0 Å². The van der Waals surface area contributed by atoms with E-state index in [0.29, 0.717) is 12.3 Å². The molecule has 0 aliphatic carbocycles. The lowest BCUT2D eigenvalue weighted by molar-refractivity contribution is -0.118. The molecule has 2 rings (SSSR count). The van der Waals surface area contributed by atoms with Crippen molar-refractivity contribution < 1.29 is 4.79 Å². The zero-order valence-electron chi connectivity index (χ0n) is 10.5. The number of benzene rings is 1. The number of carbonyl (C=O) groups excluding carboxylic acids is 1. The quantitative estimate of drug-likeness (QED) is 0.852. The molecule has 0 aliphatic heterocycles. The molecule has 1 amide bonds. The van der Waals surface area contributed by atoms with Crippen molar-refractivity contribution in [3.63, 3.8) is 0 Å². The molecular weight excluding hydrogens is 326 g/mol. The molecule has 0 saturated carbocycles. The molecule has 100 valence electrons. The average Bonchev–Trinajstić information content (AvgIpc) is 2.86. The Morgan fingerprint density at radius 2 is 2.16 bits per heavy atom. The molecule has 1 aromatic carbocycles. The van der Waals surface area contributed by atoms with Crippen molar-refractivity contribution in [2.75, 3.05) is 12.3 Å². The van der Waals surface area contributed by atoms with Crippen LogP contribution < -0.4 is 5.32 Å². The smallest absolute Gasteiger partial charge is 0.230 e. The van der Waals surface area contributed by atoms with E-state index < -0.39 is 0 Å². The van der Waals surface area contributed by atoms with Crippen LogP contribution in [0.4, 0.5) is 0 Å². The van der Waals surface area contributed by atoms with Gasteiger partial charge in [-0.25, -0.2) is 4.98 Å². The summed E-state index contributed by atoms with van der Waals surface area (Å²) in [6.07, 6.45) is 3.63. The molecular formula is C13H14BrN3OS. The number of amides is 1. The Labute approximate surface area is 124 Å². The summed E-state index contributed by atoms with van der Waals surface area (Å²) in [4.78, 5) is 15.7. The first-order valence-corrected chi connectivity index (χ1v) is 7.67. The molecule has 1 heterocycles. The van der Waals surface area contributed by atoms with Gasteiger partial charge in [-0.1, -0.05) is 27.7 Å². The van der Waals surface area contributed by atoms with E-state index >= 15 is 0 Å². The number of nitrogens with one attached hydrogen (secondary N) is 1. The highest BCUT2D eigenvalue weighted by Gasteiger charge is 2.08. The van der Waals surface area contributed by atoms with Crippen molar-refractivity contribution in [1.82, 2.24) is 14.9 Å². The Kier molecular flexibility index (Phi) is 5.04. The number of carbonyl (C=O) groups is 1. The van der Waals surface area contributed by atoms with Crippen molar-refractivity contribution in [2.45, 2.75) is 12.1 Å². The summed E-state index contributed by atoms with van der Waals surface area (Å²) in [5.74, 6) is 0.402. The molecule has 6 heteroatoms. The van der Waals surface area contributed by atoms with Gasteiger partial charge in [0, 0.05) is 29.1 Å². The summed E-state index contributed by atoms with van der Waals surface area (Å²) < 4.78 is 3.00. The topological polar surface area (TPSA) is 46.9 Å². The standard InChI is InChI=1S/C13H14BrN3OS/c1-2-15-12(18)9-19-13-16-7-8-17(13)11-5-3-10(14)4-6-11/h3-8H,2,9H2,1H3,(H,15,18). The Balaban J connectivity index is 2.09. The van der Waals surface area contributed by atoms with Gasteiger partial charge in [0.15, 0.2) is 5.16 Å². The number of rotatable bonds is 5. The Morgan fingerprint density at radius 3 is 2.84 bits per heavy atom. The number of nitrogens with zero attached hydrogens (tertiary/aromatic N) is 2. The molecule has 1 aromatic heterocycles. The second kappa shape index (κ2) is 6.77. The molecule has 19 heavy (non-hydrogen) atoms. The number of hydrogen-bond donors (Lipinski definition) is 1. The summed E-state index contributed by atoms with van der Waals surface area (Å²) in [5, 5.41) is 3.59. The van der Waals surface area contributed by atoms with Crippen LogP contribution >= 0.6 is 27.7 Å². The zero-order chi connectivity index (χ0) is 13.7. The summed E-state index contributed by atoms with van der Waals surface area (Å²) in [6, 6.07) is 7.96. The van der Waals surface area contributed by atoms with Gasteiger partial charge in [-0.05, 0) is 31.2 Å². The normalized spacial score (nSPS) is 10.4. The van der Waals surface area contributed by atoms with Crippen LogP contribution in [0.2, 0.25) is 0 Å². The van der Waals surface area contributed by atoms with Gasteiger partial charge >= 0.3 is 0 Å². The highest BCUT2D eigenvalue weighted by atomic mass is 79.9. The lowest BCUT2D eigenvalue weighted by Crippen LogP contribution is -2.24. The van der Waals surface area contributed by atoms with E-state index in [1.54, 1.807) is 6.20 Å². The molecule has 0 aliphatic rings. The number of imidazole rings is 1. The number of aromatic nitrogens is 2. The minimum absolute atomic E-state index is 0.0258. The van der Waals surface area contributed by atoms with Crippen LogP contribution in [0.5, 0.6) is 0 Å². The van der Waals surface area contributed by atoms with Crippen molar-refractivity contribution in [1.29, 1.82) is 0 Å². The van der Waals surface area contributed by atoms with Crippen LogP contribution in [0.15, 0.2) is 46.3 Å². The number of hydrogen-bond acceptors (Lipinski definition) is 3. The van der Waals surface area contributed by atoms with Crippen molar-refractivity contribution in [3.8, 4) is 5.69 Å². The molecule has 1 N–H and O–H groups in total. The van der Waals surface area contributed by atoms with Crippen molar-refractivity contribution in [2.24, 2.45) is 0 Å². The summed E-state index contributed by atoms with van der Waals surface area (Å²) in [5.41, 5.74) is 1.03. The van der Waals surface area contributed by atoms with Crippen LogP contribution in [-0.4, -0.2) is 27.8 Å². The van der Waals surface area contributed by atoms with Gasteiger partial charge in [-0.15, -0.1) is 0 Å². The van der Waals surface area contributed by atoms with Crippen molar-refractivity contribution >= 4 is 33.6 Å². The van der Waals surface area contributed by atoms with E-state index in [0.717, 1.165) is 15.3 Å². The molecule has 0 radical (unpaired) electrons. The molecule has 0 saturated heterocycles. The first-order valence-electron chi connectivity index (χ1n) is 5.89. The fraction of sp³-hybridized carbons (Fsp3) is 0.231. The van der Waals surface area contributed by atoms with Gasteiger partial charge in [0.1, 0.15) is 0 Å². The first-order chi connectivity index (χ1) is 9.20. The van der Waals surface area contributed by atoms with E-state index in [2.05, 4.69) is 26.2 Å². The van der Waals surface area contributed by atoms with Gasteiger partial charge < -0.3 is 5.32 Å². The SMILES string of the molecule is CCNC(=O)CSc1nccn1-c1ccc(Br)cc1. The van der Waals surface area contributed by atoms with E-state index in [1.165, 1.54) is 11.8 Å². The van der Waals surface area contributed by atoms with Crippen molar-refractivity contribution in [3.05, 3.63) is 41.1 Å². The number of halogens is 1. The van der Waals surface area contributed by atoms with Crippen LogP contribution in [-0.2, 0) is 4.79 Å². The van der Waals surface area contributed by atoms with E-state index in [9.17, 15) is 4.79 Å². The molecule has 2 aromatic rings. The van der Waals surface area contributed by atoms with Gasteiger partial charge in [0.25, 0.3) is 0 Å². The maximum Gasteiger partial charge on any atom is 0.230 e. The van der Waals surface area contributed by atoms with Gasteiger partial charge in [0.2, 0.25) is 5.91 Å². The number of thioether (sulfide) groups is 1. The summed E-state index contributed by atoms with van der Waals surface area (Å²) in [7, 11) is 0. The van der Waals surface area contributed by atoms with Gasteiger partial charge in [-0.3, -0.25) is 9.36 Å². The lowest BCUT2D eigenvalue weighted by Gasteiger charge is -2.07.